The Morgan fingerprint density at radius 2 is 1.50 bits per heavy atom. The second-order valence-electron chi connectivity index (χ2n) is 8.52. The van der Waals surface area contributed by atoms with Crippen LogP contribution in [0.5, 0.6) is 5.88 Å². The molecule has 9 nitrogen and oxygen atoms in total. The Labute approximate surface area is 207 Å². The van der Waals surface area contributed by atoms with Crippen molar-refractivity contribution in [1.82, 2.24) is 29.1 Å². The number of allylic oxidation sites excluding steroid dienone is 1. The van der Waals surface area contributed by atoms with Crippen LogP contribution in [-0.2, 0) is 0 Å². The smallest absolute Gasteiger partial charge is 0.229 e. The molecule has 0 bridgehead atoms. The van der Waals surface area contributed by atoms with E-state index in [9.17, 15) is 5.26 Å². The summed E-state index contributed by atoms with van der Waals surface area (Å²) in [5.74, 6) is 0.770. The van der Waals surface area contributed by atoms with E-state index in [2.05, 4.69) is 11.1 Å². The average Bonchev–Trinajstić information content (AvgIpc) is 3.62. The van der Waals surface area contributed by atoms with Gasteiger partial charge in [-0.05, 0) is 38.1 Å². The van der Waals surface area contributed by atoms with E-state index in [-0.39, 0.29) is 5.88 Å². The molecule has 6 rings (SSSR count). The van der Waals surface area contributed by atoms with Crippen LogP contribution in [0.1, 0.15) is 28.4 Å². The van der Waals surface area contributed by atoms with Gasteiger partial charge in [-0.1, -0.05) is 36.4 Å². The standard InChI is InChI=1S/C27H22N8O/c1-17-22(26(33-14-13-30-16-33)34(31-17)19-9-5-3-6-10-19)24-21(15-28)25(29)36-27-23(24)18(2)32-35(27)20-11-7-4-8-12-20/h3-14,16,24H,29H2,1-2H3. The van der Waals surface area contributed by atoms with E-state index in [0.717, 1.165) is 39.7 Å². The number of benzene rings is 2. The van der Waals surface area contributed by atoms with E-state index in [1.807, 2.05) is 90.0 Å². The summed E-state index contributed by atoms with van der Waals surface area (Å²) >= 11 is 0. The minimum absolute atomic E-state index is 0.0514. The summed E-state index contributed by atoms with van der Waals surface area (Å²) < 4.78 is 11.5. The number of imidazole rings is 1. The zero-order chi connectivity index (χ0) is 24.8. The fourth-order valence-electron chi connectivity index (χ4n) is 4.79. The van der Waals surface area contributed by atoms with Crippen LogP contribution in [0.25, 0.3) is 17.2 Å². The predicted octanol–water partition coefficient (Wildman–Crippen LogP) is 4.08. The van der Waals surface area contributed by atoms with Crippen LogP contribution >= 0.6 is 0 Å². The normalized spacial score (nSPS) is 14.9. The third-order valence-electron chi connectivity index (χ3n) is 6.35. The molecule has 0 fully saturated rings. The van der Waals surface area contributed by atoms with Crippen molar-refractivity contribution in [3.8, 4) is 29.1 Å². The zero-order valence-corrected chi connectivity index (χ0v) is 19.7. The minimum Gasteiger partial charge on any atom is -0.422 e. The highest BCUT2D eigenvalue weighted by Gasteiger charge is 2.40. The zero-order valence-electron chi connectivity index (χ0n) is 19.7. The molecule has 0 amide bonds. The van der Waals surface area contributed by atoms with Gasteiger partial charge in [-0.15, -0.1) is 0 Å². The van der Waals surface area contributed by atoms with Crippen LogP contribution < -0.4 is 10.5 Å². The first kappa shape index (κ1) is 21.4. The van der Waals surface area contributed by atoms with Gasteiger partial charge in [0.1, 0.15) is 23.8 Å². The quantitative estimate of drug-likeness (QED) is 0.420. The number of fused-ring (bicyclic) bond motifs is 1. The molecule has 0 aliphatic carbocycles. The molecule has 0 spiro atoms. The number of nitrogens with two attached hydrogens (primary N) is 1. The van der Waals surface area contributed by atoms with Gasteiger partial charge in [0.25, 0.3) is 0 Å². The lowest BCUT2D eigenvalue weighted by Crippen LogP contribution is -2.23. The Kier molecular flexibility index (Phi) is 4.93. The monoisotopic (exact) mass is 474 g/mol. The summed E-state index contributed by atoms with van der Waals surface area (Å²) in [5, 5.41) is 19.9. The number of ether oxygens (including phenoxy) is 1. The lowest BCUT2D eigenvalue weighted by Gasteiger charge is -2.25. The predicted molar refractivity (Wildman–Crippen MR) is 133 cm³/mol. The van der Waals surface area contributed by atoms with Crippen molar-refractivity contribution in [1.29, 1.82) is 5.26 Å². The highest BCUT2D eigenvalue weighted by molar-refractivity contribution is 5.62. The first-order valence-corrected chi connectivity index (χ1v) is 11.4. The minimum atomic E-state index is -0.536. The molecule has 0 radical (unpaired) electrons. The molecule has 4 heterocycles. The second-order valence-corrected chi connectivity index (χ2v) is 8.52. The highest BCUT2D eigenvalue weighted by atomic mass is 16.5. The molecule has 1 aliphatic rings. The van der Waals surface area contributed by atoms with Gasteiger partial charge in [0.2, 0.25) is 11.8 Å². The Morgan fingerprint density at radius 3 is 2.11 bits per heavy atom. The first-order valence-electron chi connectivity index (χ1n) is 11.4. The molecule has 5 aromatic rings. The van der Waals surface area contributed by atoms with Crippen LogP contribution in [0, 0.1) is 25.2 Å². The summed E-state index contributed by atoms with van der Waals surface area (Å²) in [6, 6.07) is 21.9. The lowest BCUT2D eigenvalue weighted by molar-refractivity contribution is 0.367. The van der Waals surface area contributed by atoms with Crippen LogP contribution in [-0.4, -0.2) is 29.1 Å². The van der Waals surface area contributed by atoms with Crippen LogP contribution in [0.2, 0.25) is 0 Å². The number of hydrogen-bond donors (Lipinski definition) is 1. The van der Waals surface area contributed by atoms with E-state index < -0.39 is 5.92 Å². The SMILES string of the molecule is Cc1nn(-c2ccccc2)c2c1C(c1c(C)nn(-c3ccccc3)c1-n1ccnc1)C(C#N)=C(N)O2. The summed E-state index contributed by atoms with van der Waals surface area (Å²) in [7, 11) is 0. The van der Waals surface area contributed by atoms with Gasteiger partial charge in [-0.25, -0.2) is 14.3 Å². The van der Waals surface area contributed by atoms with E-state index in [0.29, 0.717) is 11.5 Å². The number of rotatable bonds is 4. The van der Waals surface area contributed by atoms with Crippen LogP contribution in [0.4, 0.5) is 0 Å². The fraction of sp³-hybridized carbons (Fsp3) is 0.111. The molecule has 3 aromatic heterocycles. The number of nitriles is 1. The van der Waals surface area contributed by atoms with E-state index in [1.165, 1.54) is 0 Å². The summed E-state index contributed by atoms with van der Waals surface area (Å²) in [5.41, 5.74) is 11.5. The summed E-state index contributed by atoms with van der Waals surface area (Å²) in [4.78, 5) is 4.27. The summed E-state index contributed by atoms with van der Waals surface area (Å²) in [6.45, 7) is 3.85. The second kappa shape index (κ2) is 8.29. The highest BCUT2D eigenvalue weighted by Crippen LogP contribution is 2.47. The molecule has 9 heteroatoms. The van der Waals surface area contributed by atoms with Crippen molar-refractivity contribution in [2.24, 2.45) is 5.73 Å². The number of hydrogen-bond acceptors (Lipinski definition) is 6. The van der Waals surface area contributed by atoms with Gasteiger partial charge in [-0.2, -0.15) is 15.5 Å². The topological polar surface area (TPSA) is 112 Å². The summed E-state index contributed by atoms with van der Waals surface area (Å²) in [6.07, 6.45) is 5.29. The molecular formula is C27H22N8O. The third-order valence-corrected chi connectivity index (χ3v) is 6.35. The Hall–Kier alpha value is -5.10. The van der Waals surface area contributed by atoms with Gasteiger partial charge >= 0.3 is 0 Å². The van der Waals surface area contributed by atoms with E-state index >= 15 is 0 Å². The molecule has 176 valence electrons. The third kappa shape index (κ3) is 3.20. The maximum atomic E-state index is 10.2. The molecule has 0 saturated carbocycles. The van der Waals surface area contributed by atoms with Crippen molar-refractivity contribution in [3.63, 3.8) is 0 Å². The molecule has 1 atom stereocenters. The largest absolute Gasteiger partial charge is 0.422 e. The molecule has 2 N–H and O–H groups in total. The van der Waals surface area contributed by atoms with Crippen LogP contribution in [0.15, 0.2) is 90.8 Å². The average molecular weight is 475 g/mol. The lowest BCUT2D eigenvalue weighted by atomic mass is 9.83. The number of nitrogens with zero attached hydrogens (tertiary/aromatic N) is 7. The number of aromatic nitrogens is 6. The van der Waals surface area contributed by atoms with E-state index in [1.54, 1.807) is 17.2 Å². The first-order chi connectivity index (χ1) is 17.6. The fourth-order valence-corrected chi connectivity index (χ4v) is 4.79. The van der Waals surface area contributed by atoms with Gasteiger partial charge in [-0.3, -0.25) is 4.57 Å². The molecule has 1 unspecified atom stereocenters. The maximum Gasteiger partial charge on any atom is 0.229 e. The Balaban J connectivity index is 1.66. The molecule has 36 heavy (non-hydrogen) atoms. The molecule has 0 saturated heterocycles. The van der Waals surface area contributed by atoms with Crippen molar-refractivity contribution in [2.75, 3.05) is 0 Å². The van der Waals surface area contributed by atoms with Gasteiger partial charge in [0, 0.05) is 18.0 Å². The van der Waals surface area contributed by atoms with Gasteiger partial charge < -0.3 is 10.5 Å². The van der Waals surface area contributed by atoms with E-state index in [4.69, 9.17) is 20.7 Å². The Morgan fingerprint density at radius 1 is 0.889 bits per heavy atom. The van der Waals surface area contributed by atoms with Gasteiger partial charge in [0.15, 0.2) is 0 Å². The molecular weight excluding hydrogens is 452 g/mol. The maximum absolute atomic E-state index is 10.2. The number of aryl methyl sites for hydroxylation is 2. The van der Waals surface area contributed by atoms with Gasteiger partial charge in [0.05, 0.1) is 34.2 Å². The van der Waals surface area contributed by atoms with Crippen molar-refractivity contribution >= 4 is 0 Å². The van der Waals surface area contributed by atoms with Crippen molar-refractivity contribution in [2.45, 2.75) is 19.8 Å². The van der Waals surface area contributed by atoms with Crippen molar-refractivity contribution in [3.05, 3.63) is 113 Å². The molecule has 2 aromatic carbocycles. The molecule has 1 aliphatic heterocycles. The van der Waals surface area contributed by atoms with Crippen molar-refractivity contribution < 1.29 is 4.74 Å². The number of para-hydroxylation sites is 2. The Bertz CT molecular complexity index is 1640. The van der Waals surface area contributed by atoms with Crippen LogP contribution in [0.3, 0.4) is 0 Å².